The van der Waals surface area contributed by atoms with Crippen LogP contribution < -0.4 is 5.90 Å². The van der Waals surface area contributed by atoms with Crippen molar-refractivity contribution in [1.82, 2.24) is 15.0 Å². The largest absolute Gasteiger partial charge is 0.304 e. The fraction of sp³-hybridized carbons (Fsp3) is 0.778. The molecule has 0 aromatic carbocycles. The number of nitrogens with zero attached hydrogens (tertiary/aromatic N) is 3. The monoisotopic (exact) mass is 196 g/mol. The van der Waals surface area contributed by atoms with Crippen LogP contribution in [0.2, 0.25) is 0 Å². The van der Waals surface area contributed by atoms with E-state index in [1.165, 1.54) is 12.8 Å². The van der Waals surface area contributed by atoms with Crippen molar-refractivity contribution in [2.45, 2.75) is 32.2 Å². The van der Waals surface area contributed by atoms with Crippen molar-refractivity contribution >= 4 is 0 Å². The third-order valence-electron chi connectivity index (χ3n) is 2.55. The summed E-state index contributed by atoms with van der Waals surface area (Å²) in [5, 5.41) is 8.16. The molecule has 1 aliphatic rings. The Balaban J connectivity index is 1.93. The van der Waals surface area contributed by atoms with Gasteiger partial charge in [0.2, 0.25) is 0 Å². The van der Waals surface area contributed by atoms with Crippen molar-refractivity contribution in [2.24, 2.45) is 11.8 Å². The molecule has 1 aromatic rings. The van der Waals surface area contributed by atoms with Crippen LogP contribution in [0.4, 0.5) is 0 Å². The highest BCUT2D eigenvalue weighted by atomic mass is 16.6. The summed E-state index contributed by atoms with van der Waals surface area (Å²) in [5.41, 5.74) is 0.955. The molecule has 1 saturated carbocycles. The molecule has 5 nitrogen and oxygen atoms in total. The zero-order valence-corrected chi connectivity index (χ0v) is 8.39. The van der Waals surface area contributed by atoms with Gasteiger partial charge in [-0.15, -0.1) is 5.10 Å². The summed E-state index contributed by atoms with van der Waals surface area (Å²) in [4.78, 5) is 4.58. The molecule has 14 heavy (non-hydrogen) atoms. The Kier molecular flexibility index (Phi) is 2.79. The molecule has 2 rings (SSSR count). The third-order valence-corrected chi connectivity index (χ3v) is 2.55. The van der Waals surface area contributed by atoms with Gasteiger partial charge in [-0.1, -0.05) is 12.1 Å². The van der Waals surface area contributed by atoms with Gasteiger partial charge in [-0.2, -0.15) is 0 Å². The van der Waals surface area contributed by atoms with Crippen LogP contribution in [0.5, 0.6) is 0 Å². The highest BCUT2D eigenvalue weighted by Crippen LogP contribution is 2.30. The van der Waals surface area contributed by atoms with Gasteiger partial charge in [0.25, 0.3) is 0 Å². The molecule has 2 N–H and O–H groups in total. The van der Waals surface area contributed by atoms with Crippen molar-refractivity contribution in [3.8, 4) is 0 Å². The molecule has 0 bridgehead atoms. The third kappa shape index (κ3) is 2.30. The first kappa shape index (κ1) is 9.61. The van der Waals surface area contributed by atoms with Crippen LogP contribution in [0.15, 0.2) is 6.20 Å². The molecule has 1 unspecified atom stereocenters. The van der Waals surface area contributed by atoms with E-state index in [0.717, 1.165) is 18.2 Å². The average molecular weight is 196 g/mol. The van der Waals surface area contributed by atoms with Gasteiger partial charge in [-0.05, 0) is 18.8 Å². The molecular weight excluding hydrogens is 180 g/mol. The molecule has 0 radical (unpaired) electrons. The van der Waals surface area contributed by atoms with Crippen LogP contribution in [0.25, 0.3) is 0 Å². The summed E-state index contributed by atoms with van der Waals surface area (Å²) in [6, 6.07) is 0. The molecule has 1 aromatic heterocycles. The molecule has 1 atom stereocenters. The summed E-state index contributed by atoms with van der Waals surface area (Å²) >= 11 is 0. The number of aromatic nitrogens is 3. The molecule has 5 heteroatoms. The van der Waals surface area contributed by atoms with Crippen LogP contribution in [-0.2, 0) is 11.4 Å². The van der Waals surface area contributed by atoms with E-state index in [9.17, 15) is 0 Å². The Labute approximate surface area is 83.2 Å². The zero-order valence-electron chi connectivity index (χ0n) is 8.39. The lowest BCUT2D eigenvalue weighted by Crippen LogP contribution is -2.08. The topological polar surface area (TPSA) is 66.0 Å². The Bertz CT molecular complexity index is 295. The van der Waals surface area contributed by atoms with Crippen LogP contribution in [0.1, 0.15) is 31.4 Å². The van der Waals surface area contributed by atoms with Gasteiger partial charge in [-0.3, -0.25) is 4.68 Å². The maximum atomic E-state index is 5.01. The summed E-state index contributed by atoms with van der Waals surface area (Å²) in [6.07, 6.45) is 4.65. The van der Waals surface area contributed by atoms with E-state index in [2.05, 4.69) is 15.1 Å². The quantitative estimate of drug-likeness (QED) is 0.703. The zero-order chi connectivity index (χ0) is 9.97. The molecule has 1 heterocycles. The Hall–Kier alpha value is -0.940. The van der Waals surface area contributed by atoms with Crippen LogP contribution in [0.3, 0.4) is 0 Å². The predicted octanol–water partition coefficient (Wildman–Crippen LogP) is 0.682. The second-order valence-electron chi connectivity index (χ2n) is 4.04. The normalized spacial score (nSPS) is 18.4. The Morgan fingerprint density at radius 2 is 2.50 bits per heavy atom. The fourth-order valence-electron chi connectivity index (χ4n) is 1.42. The number of hydrogen-bond donors (Lipinski definition) is 1. The van der Waals surface area contributed by atoms with E-state index in [1.54, 1.807) is 0 Å². The molecular formula is C9H16N4O. The van der Waals surface area contributed by atoms with Gasteiger partial charge in [0.05, 0.1) is 12.3 Å². The highest BCUT2D eigenvalue weighted by molar-refractivity contribution is 5.00. The van der Waals surface area contributed by atoms with E-state index < -0.39 is 0 Å². The van der Waals surface area contributed by atoms with Gasteiger partial charge in [0.1, 0.15) is 0 Å². The summed E-state index contributed by atoms with van der Waals surface area (Å²) in [7, 11) is 0. The SMILES string of the molecule is CC(CON)c1cn(CC2CC2)nn1. The van der Waals surface area contributed by atoms with Crippen molar-refractivity contribution in [2.75, 3.05) is 6.61 Å². The maximum Gasteiger partial charge on any atom is 0.0878 e. The first-order valence-electron chi connectivity index (χ1n) is 5.01. The second kappa shape index (κ2) is 4.06. The smallest absolute Gasteiger partial charge is 0.0878 e. The minimum absolute atomic E-state index is 0.216. The lowest BCUT2D eigenvalue weighted by atomic mass is 10.1. The van der Waals surface area contributed by atoms with Gasteiger partial charge in [0.15, 0.2) is 0 Å². The van der Waals surface area contributed by atoms with Crippen molar-refractivity contribution < 1.29 is 4.84 Å². The number of nitrogens with two attached hydrogens (primary N) is 1. The van der Waals surface area contributed by atoms with Crippen molar-refractivity contribution in [1.29, 1.82) is 0 Å². The lowest BCUT2D eigenvalue weighted by molar-refractivity contribution is 0.126. The second-order valence-corrected chi connectivity index (χ2v) is 4.04. The molecule has 0 aliphatic heterocycles. The van der Waals surface area contributed by atoms with Gasteiger partial charge in [-0.25, -0.2) is 5.90 Å². The minimum Gasteiger partial charge on any atom is -0.304 e. The number of hydrogen-bond acceptors (Lipinski definition) is 4. The first-order valence-corrected chi connectivity index (χ1v) is 5.01. The molecule has 0 amide bonds. The van der Waals surface area contributed by atoms with E-state index in [4.69, 9.17) is 5.90 Å². The molecule has 1 fully saturated rings. The molecule has 1 aliphatic carbocycles. The molecule has 0 saturated heterocycles. The maximum absolute atomic E-state index is 5.01. The average Bonchev–Trinajstić information content (AvgIpc) is 2.82. The van der Waals surface area contributed by atoms with Gasteiger partial charge in [0, 0.05) is 18.7 Å². The van der Waals surface area contributed by atoms with Gasteiger partial charge >= 0.3 is 0 Å². The first-order chi connectivity index (χ1) is 6.79. The van der Waals surface area contributed by atoms with Crippen LogP contribution >= 0.6 is 0 Å². The minimum atomic E-state index is 0.216. The Morgan fingerprint density at radius 3 is 3.14 bits per heavy atom. The van der Waals surface area contributed by atoms with Crippen LogP contribution in [-0.4, -0.2) is 21.6 Å². The van der Waals surface area contributed by atoms with E-state index in [-0.39, 0.29) is 5.92 Å². The summed E-state index contributed by atoms with van der Waals surface area (Å²) < 4.78 is 1.92. The highest BCUT2D eigenvalue weighted by Gasteiger charge is 2.22. The molecule has 0 spiro atoms. The molecule has 78 valence electrons. The van der Waals surface area contributed by atoms with E-state index in [0.29, 0.717) is 6.61 Å². The summed E-state index contributed by atoms with van der Waals surface area (Å²) in [5.74, 6) is 6.05. The fourth-order valence-corrected chi connectivity index (χ4v) is 1.42. The summed E-state index contributed by atoms with van der Waals surface area (Å²) in [6.45, 7) is 3.52. The lowest BCUT2D eigenvalue weighted by Gasteiger charge is -2.03. The van der Waals surface area contributed by atoms with E-state index in [1.807, 2.05) is 17.8 Å². The van der Waals surface area contributed by atoms with Crippen molar-refractivity contribution in [3.63, 3.8) is 0 Å². The predicted molar refractivity (Wildman–Crippen MR) is 51.3 cm³/mol. The van der Waals surface area contributed by atoms with Crippen molar-refractivity contribution in [3.05, 3.63) is 11.9 Å². The number of rotatable bonds is 5. The van der Waals surface area contributed by atoms with E-state index >= 15 is 0 Å². The standard InChI is InChI=1S/C9H16N4O/c1-7(6-14-10)9-5-13(12-11-9)4-8-2-3-8/h5,7-8H,2-4,6,10H2,1H3. The van der Waals surface area contributed by atoms with Gasteiger partial charge < -0.3 is 4.84 Å². The van der Waals surface area contributed by atoms with Crippen LogP contribution in [0, 0.1) is 5.92 Å². The Morgan fingerprint density at radius 1 is 1.71 bits per heavy atom.